The van der Waals surface area contributed by atoms with Crippen LogP contribution in [0.15, 0.2) is 53.5 Å². The highest BCUT2D eigenvalue weighted by molar-refractivity contribution is 7.80. The van der Waals surface area contributed by atoms with E-state index in [2.05, 4.69) is 28.6 Å². The van der Waals surface area contributed by atoms with Crippen molar-refractivity contribution in [1.29, 1.82) is 0 Å². The molecule has 0 fully saturated rings. The van der Waals surface area contributed by atoms with Crippen molar-refractivity contribution < 1.29 is 0 Å². The van der Waals surface area contributed by atoms with Gasteiger partial charge in [0.1, 0.15) is 0 Å². The number of para-hydroxylation sites is 1. The quantitative estimate of drug-likeness (QED) is 0.804. The maximum Gasteiger partial charge on any atom is 0.204 e. The monoisotopic (exact) mass is 344 g/mol. The summed E-state index contributed by atoms with van der Waals surface area (Å²) < 4.78 is 0. The van der Waals surface area contributed by atoms with Crippen LogP contribution in [0.3, 0.4) is 0 Å². The number of nitrogens with zero attached hydrogens (tertiary/aromatic N) is 2. The molecule has 6 heteroatoms. The second-order valence-electron chi connectivity index (χ2n) is 5.24. The maximum atomic E-state index is 6.01. The largest absolute Gasteiger partial charge is 0.332 e. The lowest BCUT2D eigenvalue weighted by atomic mass is 10.2. The minimum atomic E-state index is 0.601. The van der Waals surface area contributed by atoms with E-state index in [4.69, 9.17) is 23.8 Å². The average molecular weight is 345 g/mol. The number of halogens is 1. The summed E-state index contributed by atoms with van der Waals surface area (Å²) >= 11 is 11.5. The summed E-state index contributed by atoms with van der Waals surface area (Å²) in [7, 11) is 0. The first-order valence-corrected chi connectivity index (χ1v) is 8.13. The average Bonchev–Trinajstić information content (AvgIpc) is 2.98. The zero-order chi connectivity index (χ0) is 16.2. The summed E-state index contributed by atoms with van der Waals surface area (Å²) in [4.78, 5) is 6.47. The molecule has 2 aromatic rings. The number of rotatable bonds is 2. The zero-order valence-corrected chi connectivity index (χ0v) is 14.3. The van der Waals surface area contributed by atoms with Gasteiger partial charge in [0.25, 0.3) is 0 Å². The Morgan fingerprint density at radius 1 is 1.22 bits per heavy atom. The van der Waals surface area contributed by atoms with E-state index >= 15 is 0 Å². The van der Waals surface area contributed by atoms with Crippen LogP contribution in [0.4, 0.5) is 11.4 Å². The molecule has 2 aromatic carbocycles. The SMILES string of the molecule is Cc1ccccc1NC1=NCCN1C(=S)Nc1cccc(Cl)c1. The lowest BCUT2D eigenvalue weighted by Crippen LogP contribution is -2.41. The van der Waals surface area contributed by atoms with Crippen LogP contribution < -0.4 is 10.6 Å². The van der Waals surface area contributed by atoms with Crippen LogP contribution in [0.5, 0.6) is 0 Å². The van der Waals surface area contributed by atoms with Gasteiger partial charge >= 0.3 is 0 Å². The summed E-state index contributed by atoms with van der Waals surface area (Å²) in [5, 5.41) is 7.84. The lowest BCUT2D eigenvalue weighted by Gasteiger charge is -2.23. The minimum Gasteiger partial charge on any atom is -0.332 e. The molecule has 0 spiro atoms. The molecule has 3 rings (SSSR count). The van der Waals surface area contributed by atoms with Crippen molar-refractivity contribution in [2.45, 2.75) is 6.92 Å². The number of aliphatic imine (C=N–C) groups is 1. The third kappa shape index (κ3) is 3.81. The van der Waals surface area contributed by atoms with Crippen molar-refractivity contribution in [2.75, 3.05) is 23.7 Å². The van der Waals surface area contributed by atoms with Crippen LogP contribution in [0.2, 0.25) is 5.02 Å². The lowest BCUT2D eigenvalue weighted by molar-refractivity contribution is 0.674. The first-order chi connectivity index (χ1) is 11.1. The predicted molar refractivity (Wildman–Crippen MR) is 101 cm³/mol. The number of benzene rings is 2. The van der Waals surface area contributed by atoms with Gasteiger partial charge in [-0.1, -0.05) is 35.9 Å². The van der Waals surface area contributed by atoms with Gasteiger partial charge in [-0.25, -0.2) is 0 Å². The Balaban J connectivity index is 1.71. The van der Waals surface area contributed by atoms with Gasteiger partial charge < -0.3 is 10.6 Å². The van der Waals surface area contributed by atoms with Crippen LogP contribution in [-0.4, -0.2) is 29.1 Å². The fraction of sp³-hybridized carbons (Fsp3) is 0.176. The van der Waals surface area contributed by atoms with E-state index in [9.17, 15) is 0 Å². The molecule has 0 unspecified atom stereocenters. The molecule has 1 aliphatic heterocycles. The Morgan fingerprint density at radius 2 is 2.04 bits per heavy atom. The Hall–Kier alpha value is -2.11. The molecule has 0 saturated heterocycles. The second kappa shape index (κ2) is 6.98. The fourth-order valence-electron chi connectivity index (χ4n) is 2.34. The van der Waals surface area contributed by atoms with E-state index < -0.39 is 0 Å². The summed E-state index contributed by atoms with van der Waals surface area (Å²) in [6.45, 7) is 3.52. The normalized spacial score (nSPS) is 13.7. The first kappa shape index (κ1) is 15.8. The van der Waals surface area contributed by atoms with E-state index in [0.717, 1.165) is 29.4 Å². The molecule has 0 aliphatic carbocycles. The zero-order valence-electron chi connectivity index (χ0n) is 12.7. The Kier molecular flexibility index (Phi) is 4.79. The molecular formula is C17H17ClN4S. The van der Waals surface area contributed by atoms with Crippen LogP contribution in [-0.2, 0) is 0 Å². The van der Waals surface area contributed by atoms with Gasteiger partial charge in [-0.15, -0.1) is 0 Å². The molecular weight excluding hydrogens is 328 g/mol. The smallest absolute Gasteiger partial charge is 0.204 e. The standard InChI is InChI=1S/C17H17ClN4S/c1-12-5-2-3-8-15(12)21-16-19-9-10-22(16)17(23)20-14-7-4-6-13(18)11-14/h2-8,11H,9-10H2,1H3,(H,19,21)(H,20,23). The van der Waals surface area contributed by atoms with Crippen LogP contribution in [0, 0.1) is 6.92 Å². The molecule has 1 aliphatic rings. The molecule has 0 aromatic heterocycles. The summed E-state index contributed by atoms with van der Waals surface area (Å²) in [5.41, 5.74) is 3.06. The number of guanidine groups is 1. The van der Waals surface area contributed by atoms with Crippen LogP contribution in [0.1, 0.15) is 5.56 Å². The van der Waals surface area contributed by atoms with Crippen LogP contribution >= 0.6 is 23.8 Å². The Labute approximate surface area is 146 Å². The van der Waals surface area contributed by atoms with Gasteiger partial charge in [0.05, 0.1) is 6.54 Å². The van der Waals surface area contributed by atoms with Gasteiger partial charge in [0.15, 0.2) is 5.11 Å². The predicted octanol–water partition coefficient (Wildman–Crippen LogP) is 4.13. The minimum absolute atomic E-state index is 0.601. The van der Waals surface area contributed by atoms with E-state index in [1.54, 1.807) is 0 Å². The topological polar surface area (TPSA) is 39.7 Å². The third-order valence-corrected chi connectivity index (χ3v) is 4.11. The van der Waals surface area contributed by atoms with Gasteiger partial charge in [-0.05, 0) is 49.0 Å². The molecule has 1 heterocycles. The summed E-state index contributed by atoms with van der Waals surface area (Å²) in [5.74, 6) is 0.763. The van der Waals surface area contributed by atoms with Crippen LogP contribution in [0.25, 0.3) is 0 Å². The number of hydrogen-bond donors (Lipinski definition) is 2. The summed E-state index contributed by atoms with van der Waals surface area (Å²) in [6.07, 6.45) is 0. The third-order valence-electron chi connectivity index (χ3n) is 3.55. The second-order valence-corrected chi connectivity index (χ2v) is 6.06. The highest BCUT2D eigenvalue weighted by atomic mass is 35.5. The van der Waals surface area contributed by atoms with Crippen molar-refractivity contribution >= 4 is 46.3 Å². The highest BCUT2D eigenvalue weighted by Crippen LogP contribution is 2.18. The van der Waals surface area contributed by atoms with E-state index in [0.29, 0.717) is 16.7 Å². The van der Waals surface area contributed by atoms with E-state index in [1.807, 2.05) is 47.4 Å². The number of thiocarbonyl (C=S) groups is 1. The number of nitrogens with one attached hydrogen (secondary N) is 2. The molecule has 0 radical (unpaired) electrons. The van der Waals surface area contributed by atoms with Gasteiger partial charge in [0, 0.05) is 22.9 Å². The van der Waals surface area contributed by atoms with Crippen molar-refractivity contribution in [3.8, 4) is 0 Å². The van der Waals surface area contributed by atoms with Gasteiger partial charge in [0.2, 0.25) is 5.96 Å². The van der Waals surface area contributed by atoms with Crippen molar-refractivity contribution in [3.63, 3.8) is 0 Å². The molecule has 0 amide bonds. The molecule has 118 valence electrons. The van der Waals surface area contributed by atoms with Crippen molar-refractivity contribution in [2.24, 2.45) is 4.99 Å². The highest BCUT2D eigenvalue weighted by Gasteiger charge is 2.21. The molecule has 4 nitrogen and oxygen atoms in total. The van der Waals surface area contributed by atoms with Crippen molar-refractivity contribution in [3.05, 3.63) is 59.1 Å². The molecule has 23 heavy (non-hydrogen) atoms. The Bertz CT molecular complexity index is 760. The number of hydrogen-bond acceptors (Lipinski definition) is 3. The van der Waals surface area contributed by atoms with Crippen molar-refractivity contribution in [1.82, 2.24) is 4.90 Å². The first-order valence-electron chi connectivity index (χ1n) is 7.35. The van der Waals surface area contributed by atoms with Gasteiger partial charge in [-0.3, -0.25) is 9.89 Å². The van der Waals surface area contributed by atoms with Gasteiger partial charge in [-0.2, -0.15) is 0 Å². The number of anilines is 2. The molecule has 0 atom stereocenters. The molecule has 0 bridgehead atoms. The molecule has 0 saturated carbocycles. The fourth-order valence-corrected chi connectivity index (χ4v) is 2.83. The Morgan fingerprint density at radius 3 is 2.83 bits per heavy atom. The van der Waals surface area contributed by atoms with E-state index in [1.165, 1.54) is 0 Å². The molecule has 2 N–H and O–H groups in total. The number of aryl methyl sites for hydroxylation is 1. The maximum absolute atomic E-state index is 6.01. The van der Waals surface area contributed by atoms with E-state index in [-0.39, 0.29) is 0 Å². The summed E-state index contributed by atoms with van der Waals surface area (Å²) in [6, 6.07) is 15.6.